The summed E-state index contributed by atoms with van der Waals surface area (Å²) in [5.74, 6) is 0. The fraction of sp³-hybridized carbons (Fsp3) is 0. The van der Waals surface area contributed by atoms with Gasteiger partial charge in [-0.1, -0.05) is 48.5 Å². The lowest BCUT2D eigenvalue weighted by Gasteiger charge is -2.11. The molecule has 0 amide bonds. The molecule has 10 aliphatic rings. The molecule has 48 heavy (non-hydrogen) atoms. The van der Waals surface area contributed by atoms with Gasteiger partial charge in [-0.25, -0.2) is 33.7 Å². The van der Waals surface area contributed by atoms with Gasteiger partial charge in [0.15, 0.2) is 0 Å². The van der Waals surface area contributed by atoms with E-state index in [0.29, 0.717) is 22.3 Å². The summed E-state index contributed by atoms with van der Waals surface area (Å²) >= 11 is 0. The van der Waals surface area contributed by atoms with E-state index in [0.717, 1.165) is 0 Å². The Morgan fingerprint density at radius 2 is 0.292 bits per heavy atom. The Kier molecular flexibility index (Phi) is 7.51. The van der Waals surface area contributed by atoms with Gasteiger partial charge in [-0.15, -0.1) is 0 Å². The molecule has 0 unspecified atom stereocenters. The number of benzene rings is 6. The third kappa shape index (κ3) is 5.36. The summed E-state index contributed by atoms with van der Waals surface area (Å²) < 4.78 is 107. The molecule has 6 aromatic rings. The standard InChI is InChI=1S/C36H24O8S4/c37-45(38)29-9-1-25(2-10-29)26-3-11-30(12-4-26)46(39,40)35-21-23-36(24-22-35)48(43,44)32-15-7-28(8-16-32)27-5-13-31(14-6-27)47(41,42)34-19-17-33(45)18-20-34/h1-24H. The maximum Gasteiger partial charge on any atom is 0.206 e. The molecule has 10 aliphatic heterocycles. The van der Waals surface area contributed by atoms with Gasteiger partial charge < -0.3 is 0 Å². The highest BCUT2D eigenvalue weighted by Crippen LogP contribution is 2.32. The van der Waals surface area contributed by atoms with Crippen LogP contribution in [-0.2, 0) is 39.3 Å². The van der Waals surface area contributed by atoms with Crippen molar-refractivity contribution < 1.29 is 33.7 Å². The van der Waals surface area contributed by atoms with Gasteiger partial charge >= 0.3 is 0 Å². The van der Waals surface area contributed by atoms with Crippen LogP contribution in [0, 0.1) is 0 Å². The normalized spacial score (nSPS) is 16.8. The largest absolute Gasteiger partial charge is 0.219 e. The second kappa shape index (κ2) is 11.4. The van der Waals surface area contributed by atoms with Crippen LogP contribution in [0.2, 0.25) is 0 Å². The van der Waals surface area contributed by atoms with Crippen molar-refractivity contribution in [2.45, 2.75) is 39.2 Å². The summed E-state index contributed by atoms with van der Waals surface area (Å²) in [6.07, 6.45) is 0. The SMILES string of the molecule is O=S1(=O)c2ccc(cc2)-c2ccc(cc2)S(=O)(=O)c2ccc(cc2)S(=O)(=O)c2ccc(cc2)-c2ccc(cc2)S(=O)(=O)c2ccc1cc2. The molecule has 0 aromatic heterocycles. The van der Waals surface area contributed by atoms with E-state index >= 15 is 0 Å². The molecule has 12 bridgehead atoms. The molecule has 0 aliphatic carbocycles. The summed E-state index contributed by atoms with van der Waals surface area (Å²) in [6, 6.07) is 34.2. The molecule has 240 valence electrons. The van der Waals surface area contributed by atoms with Crippen molar-refractivity contribution in [3.05, 3.63) is 146 Å². The van der Waals surface area contributed by atoms with Gasteiger partial charge in [0.2, 0.25) is 39.3 Å². The fourth-order valence-electron chi connectivity index (χ4n) is 5.45. The number of sulfone groups is 4. The molecule has 0 spiro atoms. The van der Waals surface area contributed by atoms with Crippen LogP contribution in [-0.4, -0.2) is 33.7 Å². The van der Waals surface area contributed by atoms with Crippen molar-refractivity contribution in [2.24, 2.45) is 0 Å². The Morgan fingerprint density at radius 1 is 0.188 bits per heavy atom. The predicted octanol–water partition coefficient (Wildman–Crippen LogP) is 6.67. The highest BCUT2D eigenvalue weighted by molar-refractivity contribution is 7.92. The number of rotatable bonds is 0. The Balaban J connectivity index is 1.35. The molecular weight excluding hydrogens is 689 g/mol. The van der Waals surface area contributed by atoms with Crippen molar-refractivity contribution >= 4 is 39.3 Å². The zero-order valence-corrected chi connectivity index (χ0v) is 28.0. The summed E-state index contributed by atoms with van der Waals surface area (Å²) in [6.45, 7) is 0. The second-order valence-corrected chi connectivity index (χ2v) is 18.9. The van der Waals surface area contributed by atoms with Gasteiger partial charge in [0, 0.05) is 0 Å². The lowest BCUT2D eigenvalue weighted by atomic mass is 10.1. The third-order valence-electron chi connectivity index (χ3n) is 8.21. The van der Waals surface area contributed by atoms with E-state index < -0.39 is 39.3 Å². The maximum absolute atomic E-state index is 13.4. The van der Waals surface area contributed by atoms with Gasteiger partial charge in [0.1, 0.15) is 0 Å². The Bertz CT molecular complexity index is 2250. The summed E-state index contributed by atoms with van der Waals surface area (Å²) in [7, 11) is -15.9. The van der Waals surface area contributed by atoms with E-state index in [-0.39, 0.29) is 39.2 Å². The first-order valence-corrected chi connectivity index (χ1v) is 20.3. The Labute approximate surface area is 278 Å². The third-order valence-corrected chi connectivity index (χ3v) is 15.4. The van der Waals surface area contributed by atoms with Gasteiger partial charge in [-0.05, 0) is 119 Å². The smallest absolute Gasteiger partial charge is 0.206 e. The minimum Gasteiger partial charge on any atom is -0.219 e. The minimum atomic E-state index is -3.98. The van der Waals surface area contributed by atoms with Crippen LogP contribution in [0.1, 0.15) is 0 Å². The number of hydrogen-bond acceptors (Lipinski definition) is 8. The molecule has 0 saturated carbocycles. The lowest BCUT2D eigenvalue weighted by molar-refractivity contribution is 0.592. The van der Waals surface area contributed by atoms with Crippen molar-refractivity contribution in [2.75, 3.05) is 0 Å². The van der Waals surface area contributed by atoms with E-state index in [1.165, 1.54) is 97.1 Å². The molecule has 10 heterocycles. The summed E-state index contributed by atoms with van der Waals surface area (Å²) in [5, 5.41) is 0. The van der Waals surface area contributed by atoms with E-state index in [2.05, 4.69) is 0 Å². The highest BCUT2D eigenvalue weighted by atomic mass is 32.2. The molecule has 0 saturated heterocycles. The van der Waals surface area contributed by atoms with E-state index in [1.54, 1.807) is 48.5 Å². The minimum absolute atomic E-state index is 0.00305. The summed E-state index contributed by atoms with van der Waals surface area (Å²) in [4.78, 5) is -0.300. The highest BCUT2D eigenvalue weighted by Gasteiger charge is 2.24. The zero-order valence-electron chi connectivity index (χ0n) is 24.8. The van der Waals surface area contributed by atoms with Gasteiger partial charge in [0.25, 0.3) is 0 Å². The molecule has 8 nitrogen and oxygen atoms in total. The van der Waals surface area contributed by atoms with Crippen molar-refractivity contribution in [3.63, 3.8) is 0 Å². The van der Waals surface area contributed by atoms with Crippen molar-refractivity contribution in [3.8, 4) is 22.3 Å². The van der Waals surface area contributed by atoms with Crippen LogP contribution < -0.4 is 0 Å². The Morgan fingerprint density at radius 3 is 0.417 bits per heavy atom. The van der Waals surface area contributed by atoms with Crippen molar-refractivity contribution in [1.82, 2.24) is 0 Å². The zero-order chi connectivity index (χ0) is 33.9. The first-order valence-electron chi connectivity index (χ1n) is 14.4. The first-order chi connectivity index (χ1) is 22.8. The average molecular weight is 713 g/mol. The molecule has 6 aromatic carbocycles. The first kappa shape index (κ1) is 31.7. The van der Waals surface area contributed by atoms with Crippen molar-refractivity contribution in [1.29, 1.82) is 0 Å². The molecule has 16 rings (SSSR count). The van der Waals surface area contributed by atoms with E-state index in [4.69, 9.17) is 0 Å². The monoisotopic (exact) mass is 712 g/mol. The van der Waals surface area contributed by atoms with Gasteiger partial charge in [-0.2, -0.15) is 0 Å². The molecule has 0 radical (unpaired) electrons. The Hall–Kier alpha value is -4.88. The van der Waals surface area contributed by atoms with E-state index in [1.807, 2.05) is 0 Å². The fourth-order valence-corrected chi connectivity index (χ4v) is 10.5. The van der Waals surface area contributed by atoms with Crippen LogP contribution in [0.5, 0.6) is 0 Å². The topological polar surface area (TPSA) is 137 Å². The van der Waals surface area contributed by atoms with Crippen LogP contribution in [0.25, 0.3) is 22.3 Å². The molecular formula is C36H24O8S4. The van der Waals surface area contributed by atoms with Crippen LogP contribution in [0.15, 0.2) is 185 Å². The van der Waals surface area contributed by atoms with Crippen LogP contribution in [0.3, 0.4) is 0 Å². The predicted molar refractivity (Wildman–Crippen MR) is 178 cm³/mol. The van der Waals surface area contributed by atoms with Gasteiger partial charge in [0.05, 0.1) is 39.2 Å². The molecule has 0 N–H and O–H groups in total. The van der Waals surface area contributed by atoms with E-state index in [9.17, 15) is 33.7 Å². The second-order valence-electron chi connectivity index (χ2n) is 11.1. The summed E-state index contributed by atoms with van der Waals surface area (Å²) in [5.41, 5.74) is 2.56. The maximum atomic E-state index is 13.4. The quantitative estimate of drug-likeness (QED) is 0.170. The van der Waals surface area contributed by atoms with Crippen LogP contribution in [0.4, 0.5) is 0 Å². The van der Waals surface area contributed by atoms with Crippen LogP contribution >= 0.6 is 0 Å². The lowest BCUT2D eigenvalue weighted by Crippen LogP contribution is -2.05. The molecule has 0 fully saturated rings. The molecule has 12 heteroatoms. The molecule has 0 atom stereocenters. The number of hydrogen-bond donors (Lipinski definition) is 0. The average Bonchev–Trinajstić information content (AvgIpc) is 3.11. The van der Waals surface area contributed by atoms with Gasteiger partial charge in [-0.3, -0.25) is 0 Å².